The zero-order valence-corrected chi connectivity index (χ0v) is 22.4. The molecular formula is C26H36O11S. The number of rotatable bonds is 3. The van der Waals surface area contributed by atoms with Crippen molar-refractivity contribution >= 4 is 10.1 Å². The van der Waals surface area contributed by atoms with E-state index in [2.05, 4.69) is 0 Å². The van der Waals surface area contributed by atoms with Gasteiger partial charge in [0.1, 0.15) is 37.9 Å². The van der Waals surface area contributed by atoms with Crippen molar-refractivity contribution in [3.63, 3.8) is 0 Å². The Hall–Kier alpha value is -2.61. The van der Waals surface area contributed by atoms with Crippen molar-refractivity contribution < 1.29 is 50.5 Å². The number of benzene rings is 2. The molecule has 1 heterocycles. The van der Waals surface area contributed by atoms with Gasteiger partial charge in [0.15, 0.2) is 11.5 Å². The van der Waals surface area contributed by atoms with E-state index in [1.54, 1.807) is 18.2 Å². The van der Waals surface area contributed by atoms with E-state index < -0.39 is 10.1 Å². The van der Waals surface area contributed by atoms with Gasteiger partial charge in [-0.25, -0.2) is 0 Å². The maximum Gasteiger partial charge on any atom is 0.264 e. The van der Waals surface area contributed by atoms with E-state index in [0.717, 1.165) is 6.26 Å². The van der Waals surface area contributed by atoms with E-state index in [1.165, 1.54) is 0 Å². The van der Waals surface area contributed by atoms with Gasteiger partial charge in [0, 0.05) is 6.07 Å². The fraction of sp³-hybridized carbons (Fsp3) is 0.538. The highest BCUT2D eigenvalue weighted by Gasteiger charge is 2.09. The molecule has 0 N–H and O–H groups in total. The molecule has 3 rings (SSSR count). The highest BCUT2D eigenvalue weighted by atomic mass is 32.2. The van der Waals surface area contributed by atoms with Gasteiger partial charge in [-0.2, -0.15) is 8.42 Å². The normalized spacial score (nSPS) is 17.7. The van der Waals surface area contributed by atoms with Crippen LogP contribution >= 0.6 is 0 Å². The van der Waals surface area contributed by atoms with Crippen LogP contribution in [0, 0.1) is 0 Å². The molecule has 11 nitrogen and oxygen atoms in total. The summed E-state index contributed by atoms with van der Waals surface area (Å²) in [5, 5.41) is 0. The third-order valence-electron chi connectivity index (χ3n) is 4.94. The second kappa shape index (κ2) is 17.1. The number of para-hydroxylation sites is 2. The van der Waals surface area contributed by atoms with Crippen LogP contribution in [-0.2, 0) is 39.9 Å². The Morgan fingerprint density at radius 3 is 1.42 bits per heavy atom. The maximum atomic E-state index is 11.4. The van der Waals surface area contributed by atoms with Gasteiger partial charge in [-0.3, -0.25) is 4.18 Å². The van der Waals surface area contributed by atoms with Crippen LogP contribution in [0.25, 0.3) is 0 Å². The summed E-state index contributed by atoms with van der Waals surface area (Å²) in [7, 11) is -3.59. The summed E-state index contributed by atoms with van der Waals surface area (Å²) in [6.07, 6.45) is 1.000. The second-order valence-electron chi connectivity index (χ2n) is 8.07. The molecule has 38 heavy (non-hydrogen) atoms. The van der Waals surface area contributed by atoms with Crippen LogP contribution in [0.15, 0.2) is 42.5 Å². The van der Waals surface area contributed by atoms with Crippen molar-refractivity contribution in [2.45, 2.75) is 6.61 Å². The summed E-state index contributed by atoms with van der Waals surface area (Å²) in [5.41, 5.74) is 0.593. The average molecular weight is 557 g/mol. The van der Waals surface area contributed by atoms with E-state index in [1.807, 2.05) is 24.3 Å². The van der Waals surface area contributed by atoms with Gasteiger partial charge in [0.05, 0.1) is 65.7 Å². The van der Waals surface area contributed by atoms with Crippen LogP contribution in [0.5, 0.6) is 23.0 Å². The first-order valence-corrected chi connectivity index (χ1v) is 14.2. The van der Waals surface area contributed by atoms with Gasteiger partial charge < -0.3 is 37.9 Å². The van der Waals surface area contributed by atoms with E-state index in [0.29, 0.717) is 108 Å². The molecule has 0 spiro atoms. The van der Waals surface area contributed by atoms with Crippen molar-refractivity contribution in [3.8, 4) is 23.0 Å². The van der Waals surface area contributed by atoms with Crippen LogP contribution in [0.4, 0.5) is 0 Å². The lowest BCUT2D eigenvalue weighted by Crippen LogP contribution is -2.14. The van der Waals surface area contributed by atoms with Crippen LogP contribution in [-0.4, -0.2) is 94.0 Å². The lowest BCUT2D eigenvalue weighted by Gasteiger charge is -2.13. The standard InChI is InChI=1S/C26H36O11S/c1-38(27,28)37-21-22-18-23-20-24(19-22)34-15-11-30-7-9-32-13-17-36-26-5-3-2-4-25(26)35-16-12-31-8-6-29-10-14-33-23/h2-5,18-20H,6-17,21H2,1H3. The van der Waals surface area contributed by atoms with Gasteiger partial charge in [-0.1, -0.05) is 12.1 Å². The summed E-state index contributed by atoms with van der Waals surface area (Å²) in [6.45, 7) is 4.34. The summed E-state index contributed by atoms with van der Waals surface area (Å²) < 4.78 is 73.0. The first-order valence-electron chi connectivity index (χ1n) is 12.4. The molecule has 2 bridgehead atoms. The zero-order chi connectivity index (χ0) is 26.9. The predicted molar refractivity (Wildman–Crippen MR) is 138 cm³/mol. The molecule has 0 unspecified atom stereocenters. The third kappa shape index (κ3) is 12.8. The Balaban J connectivity index is 1.52. The average Bonchev–Trinajstić information content (AvgIpc) is 2.89. The van der Waals surface area contributed by atoms with Crippen molar-refractivity contribution in [2.75, 3.05) is 85.5 Å². The van der Waals surface area contributed by atoms with Crippen molar-refractivity contribution in [1.82, 2.24) is 0 Å². The highest BCUT2D eigenvalue weighted by Crippen LogP contribution is 2.26. The molecule has 212 valence electrons. The van der Waals surface area contributed by atoms with E-state index >= 15 is 0 Å². The maximum absolute atomic E-state index is 11.4. The molecule has 0 aromatic heterocycles. The molecule has 0 fully saturated rings. The molecule has 1 aliphatic heterocycles. The lowest BCUT2D eigenvalue weighted by molar-refractivity contribution is 0.0253. The lowest BCUT2D eigenvalue weighted by atomic mass is 10.2. The summed E-state index contributed by atoms with van der Waals surface area (Å²) in [4.78, 5) is 0. The Labute approximate surface area is 223 Å². The minimum Gasteiger partial charge on any atom is -0.491 e. The molecule has 0 amide bonds. The summed E-state index contributed by atoms with van der Waals surface area (Å²) >= 11 is 0. The SMILES string of the molecule is CS(=O)(=O)OCc1cc2cc(c1)OCCOCCOCCOc1ccccc1OCCOCCOCCO2. The number of ether oxygens (including phenoxy) is 8. The molecule has 0 saturated heterocycles. The Kier molecular flexibility index (Phi) is 13.5. The number of hydrogen-bond acceptors (Lipinski definition) is 11. The molecule has 0 saturated carbocycles. The fourth-order valence-electron chi connectivity index (χ4n) is 3.25. The quantitative estimate of drug-likeness (QED) is 0.519. The van der Waals surface area contributed by atoms with Crippen molar-refractivity contribution in [1.29, 1.82) is 0 Å². The zero-order valence-electron chi connectivity index (χ0n) is 21.6. The van der Waals surface area contributed by atoms with Crippen molar-refractivity contribution in [2.24, 2.45) is 0 Å². The van der Waals surface area contributed by atoms with Crippen LogP contribution in [0.2, 0.25) is 0 Å². The Bertz CT molecular complexity index is 984. The van der Waals surface area contributed by atoms with Gasteiger partial charge >= 0.3 is 0 Å². The Morgan fingerprint density at radius 1 is 0.605 bits per heavy atom. The molecular weight excluding hydrogens is 520 g/mol. The monoisotopic (exact) mass is 556 g/mol. The first kappa shape index (κ1) is 29.9. The van der Waals surface area contributed by atoms with Gasteiger partial charge in [0.25, 0.3) is 10.1 Å². The topological polar surface area (TPSA) is 117 Å². The minimum absolute atomic E-state index is 0.132. The molecule has 0 aliphatic carbocycles. The molecule has 12 heteroatoms. The number of hydrogen-bond donors (Lipinski definition) is 0. The van der Waals surface area contributed by atoms with E-state index in [9.17, 15) is 8.42 Å². The highest BCUT2D eigenvalue weighted by molar-refractivity contribution is 7.85. The fourth-order valence-corrected chi connectivity index (χ4v) is 3.60. The first-order chi connectivity index (χ1) is 18.5. The van der Waals surface area contributed by atoms with Crippen molar-refractivity contribution in [3.05, 3.63) is 48.0 Å². The molecule has 2 aromatic rings. The predicted octanol–water partition coefficient (Wildman–Crippen LogP) is 2.46. The smallest absolute Gasteiger partial charge is 0.264 e. The minimum atomic E-state index is -3.59. The largest absolute Gasteiger partial charge is 0.491 e. The van der Waals surface area contributed by atoms with E-state index in [4.69, 9.17) is 42.1 Å². The van der Waals surface area contributed by atoms with Crippen LogP contribution in [0.1, 0.15) is 5.56 Å². The van der Waals surface area contributed by atoms with Gasteiger partial charge in [-0.05, 0) is 29.8 Å². The second-order valence-corrected chi connectivity index (χ2v) is 9.71. The number of fused-ring (bicyclic) bond motifs is 3. The molecule has 0 radical (unpaired) electrons. The molecule has 0 atom stereocenters. The van der Waals surface area contributed by atoms with Gasteiger partial charge in [0.2, 0.25) is 0 Å². The molecule has 2 aromatic carbocycles. The summed E-state index contributed by atoms with van der Waals surface area (Å²) in [5.74, 6) is 2.31. The summed E-state index contributed by atoms with van der Waals surface area (Å²) in [6, 6.07) is 12.6. The van der Waals surface area contributed by atoms with Crippen LogP contribution < -0.4 is 18.9 Å². The molecule has 1 aliphatic rings. The Morgan fingerprint density at radius 2 is 1.00 bits per heavy atom. The van der Waals surface area contributed by atoms with E-state index in [-0.39, 0.29) is 6.61 Å². The van der Waals surface area contributed by atoms with Gasteiger partial charge in [-0.15, -0.1) is 0 Å². The van der Waals surface area contributed by atoms with Crippen LogP contribution in [0.3, 0.4) is 0 Å². The third-order valence-corrected chi connectivity index (χ3v) is 5.48.